The summed E-state index contributed by atoms with van der Waals surface area (Å²) in [7, 11) is 0. The van der Waals surface area contributed by atoms with Crippen molar-refractivity contribution in [1.82, 2.24) is 0 Å². The minimum Gasteiger partial charge on any atom is -0.423 e. The first-order valence-electron chi connectivity index (χ1n) is 14.8. The summed E-state index contributed by atoms with van der Waals surface area (Å²) in [5, 5.41) is 0. The maximum Gasteiger partial charge on any atom is 0.345 e. The van der Waals surface area contributed by atoms with Crippen LogP contribution in [0.15, 0.2) is 158 Å². The molecule has 0 N–H and O–H groups in total. The molecular weight excluding hydrogens is 608 g/mol. The van der Waals surface area contributed by atoms with Crippen molar-refractivity contribution < 1.29 is 38.1 Å². The molecule has 48 heavy (non-hydrogen) atoms. The molecule has 0 aromatic heterocycles. The number of rotatable bonds is 9. The quantitative estimate of drug-likeness (QED) is 0.116. The van der Waals surface area contributed by atoms with E-state index < -0.39 is 23.9 Å². The lowest BCUT2D eigenvalue weighted by Crippen LogP contribution is -2.20. The molecular formula is C40H26O8. The van der Waals surface area contributed by atoms with Gasteiger partial charge in [-0.1, -0.05) is 91.0 Å². The summed E-state index contributed by atoms with van der Waals surface area (Å²) in [6, 6.07) is 42.6. The van der Waals surface area contributed by atoms with Gasteiger partial charge in [0.05, 0.1) is 22.3 Å². The molecule has 0 heterocycles. The largest absolute Gasteiger partial charge is 0.423 e. The molecule has 0 fully saturated rings. The van der Waals surface area contributed by atoms with Gasteiger partial charge in [-0.15, -0.1) is 0 Å². The Labute approximate surface area is 275 Å². The number of ether oxygens (including phenoxy) is 4. The van der Waals surface area contributed by atoms with Crippen molar-refractivity contribution in [2.45, 2.75) is 0 Å². The fourth-order valence-corrected chi connectivity index (χ4v) is 4.84. The number of carbonyl (C=O) groups is 4. The lowest BCUT2D eigenvalue weighted by Gasteiger charge is -2.16. The van der Waals surface area contributed by atoms with Gasteiger partial charge in [-0.25, -0.2) is 19.2 Å². The highest BCUT2D eigenvalue weighted by Gasteiger charge is 2.27. The number of hydrogen-bond acceptors (Lipinski definition) is 8. The van der Waals surface area contributed by atoms with Gasteiger partial charge in [0.15, 0.2) is 0 Å². The lowest BCUT2D eigenvalue weighted by molar-refractivity contribution is 0.0691. The van der Waals surface area contributed by atoms with E-state index >= 15 is 0 Å². The Hall–Kier alpha value is -6.80. The summed E-state index contributed by atoms with van der Waals surface area (Å²) >= 11 is 0. The Morgan fingerprint density at radius 3 is 1.19 bits per heavy atom. The van der Waals surface area contributed by atoms with Crippen LogP contribution in [0.25, 0.3) is 11.1 Å². The summed E-state index contributed by atoms with van der Waals surface area (Å²) in [6.07, 6.45) is 0. The lowest BCUT2D eigenvalue weighted by atomic mass is 9.92. The summed E-state index contributed by atoms with van der Waals surface area (Å²) in [6.45, 7) is 0. The van der Waals surface area contributed by atoms with Crippen LogP contribution >= 0.6 is 0 Å². The molecule has 0 saturated heterocycles. The van der Waals surface area contributed by atoms with E-state index in [1.165, 1.54) is 18.2 Å². The highest BCUT2D eigenvalue weighted by Crippen LogP contribution is 2.31. The van der Waals surface area contributed by atoms with Crippen LogP contribution < -0.4 is 18.9 Å². The second kappa shape index (κ2) is 14.5. The molecule has 6 aromatic rings. The van der Waals surface area contributed by atoms with Crippen LogP contribution in [0.2, 0.25) is 0 Å². The van der Waals surface area contributed by atoms with Gasteiger partial charge in [-0.05, 0) is 77.9 Å². The van der Waals surface area contributed by atoms with Gasteiger partial charge >= 0.3 is 23.9 Å². The highest BCUT2D eigenvalue weighted by atomic mass is 16.5. The molecule has 0 aliphatic rings. The summed E-state index contributed by atoms with van der Waals surface area (Å²) in [5.74, 6) is -2.19. The molecule has 0 aliphatic heterocycles. The van der Waals surface area contributed by atoms with Crippen molar-refractivity contribution in [3.8, 4) is 34.1 Å². The van der Waals surface area contributed by atoms with Crippen LogP contribution in [0.3, 0.4) is 0 Å². The van der Waals surface area contributed by atoms with Crippen LogP contribution in [0, 0.1) is 0 Å². The van der Waals surface area contributed by atoms with Crippen molar-refractivity contribution in [2.24, 2.45) is 0 Å². The molecule has 0 unspecified atom stereocenters. The van der Waals surface area contributed by atoms with Gasteiger partial charge in [0.1, 0.15) is 23.0 Å². The molecule has 0 aliphatic carbocycles. The zero-order valence-corrected chi connectivity index (χ0v) is 25.3. The molecule has 0 amide bonds. The Bertz CT molecular complexity index is 2080. The molecule has 6 rings (SSSR count). The zero-order valence-electron chi connectivity index (χ0n) is 25.3. The summed E-state index contributed by atoms with van der Waals surface area (Å²) in [4.78, 5) is 54.3. The molecule has 234 valence electrons. The molecule has 8 heteroatoms. The van der Waals surface area contributed by atoms with Crippen LogP contribution in [0.1, 0.15) is 41.4 Å². The third kappa shape index (κ3) is 7.35. The molecule has 0 atom stereocenters. The molecule has 8 nitrogen and oxygen atoms in total. The molecule has 0 bridgehead atoms. The molecule has 0 radical (unpaired) electrons. The molecule has 0 saturated carbocycles. The highest BCUT2D eigenvalue weighted by molar-refractivity contribution is 6.10. The second-order valence-electron chi connectivity index (χ2n) is 10.3. The van der Waals surface area contributed by atoms with Gasteiger partial charge in [-0.2, -0.15) is 0 Å². The van der Waals surface area contributed by atoms with E-state index in [1.807, 2.05) is 0 Å². The number of hydrogen-bond donors (Lipinski definition) is 0. The zero-order chi connectivity index (χ0) is 33.3. The van der Waals surface area contributed by atoms with Gasteiger partial charge in [-0.3, -0.25) is 0 Å². The van der Waals surface area contributed by atoms with E-state index in [1.54, 1.807) is 140 Å². The minimum atomic E-state index is -0.837. The third-order valence-corrected chi connectivity index (χ3v) is 7.07. The first-order valence-corrected chi connectivity index (χ1v) is 14.8. The fraction of sp³-hybridized carbons (Fsp3) is 0. The maximum absolute atomic E-state index is 13.8. The Kier molecular flexibility index (Phi) is 9.44. The van der Waals surface area contributed by atoms with Crippen LogP contribution in [-0.2, 0) is 0 Å². The number of para-hydroxylation sites is 4. The first-order chi connectivity index (χ1) is 23.5. The van der Waals surface area contributed by atoms with E-state index in [2.05, 4.69) is 0 Å². The normalized spacial score (nSPS) is 10.4. The minimum absolute atomic E-state index is 0.0711. The van der Waals surface area contributed by atoms with E-state index in [4.69, 9.17) is 18.9 Å². The SMILES string of the molecule is O=C(Oc1ccccc1)c1ccc(-c2cccc(C(=O)Oc3ccccc3)c2C(=O)Oc2ccccc2)cc1C(=O)Oc1ccccc1. The van der Waals surface area contributed by atoms with Crippen molar-refractivity contribution in [3.63, 3.8) is 0 Å². The number of carbonyl (C=O) groups excluding carboxylic acids is 4. The van der Waals surface area contributed by atoms with Crippen LogP contribution in [0.5, 0.6) is 23.0 Å². The van der Waals surface area contributed by atoms with Crippen molar-refractivity contribution >= 4 is 23.9 Å². The van der Waals surface area contributed by atoms with Gasteiger partial charge < -0.3 is 18.9 Å². The molecule has 0 spiro atoms. The standard InChI is InChI=1S/C40H26O8/c41-37(45-28-14-5-1-6-15-28)33-25-24-27(26-35(33)39(43)47-30-18-9-3-10-19-30)32-22-13-23-34(38(42)46-29-16-7-2-8-17-29)36(32)40(44)48-31-20-11-4-12-21-31/h1-26H. The monoisotopic (exact) mass is 634 g/mol. The molecule has 6 aromatic carbocycles. The number of esters is 4. The number of benzene rings is 6. The van der Waals surface area contributed by atoms with Gasteiger partial charge in [0.25, 0.3) is 0 Å². The Morgan fingerprint density at radius 2 is 0.729 bits per heavy atom. The average Bonchev–Trinajstić information content (AvgIpc) is 3.12. The third-order valence-electron chi connectivity index (χ3n) is 7.07. The van der Waals surface area contributed by atoms with E-state index in [0.717, 1.165) is 0 Å². The fourth-order valence-electron chi connectivity index (χ4n) is 4.84. The predicted molar refractivity (Wildman–Crippen MR) is 177 cm³/mol. The predicted octanol–water partition coefficient (Wildman–Crippen LogP) is 8.23. The summed E-state index contributed by atoms with van der Waals surface area (Å²) in [5.41, 5.74) is 0.187. The van der Waals surface area contributed by atoms with Crippen molar-refractivity contribution in [2.75, 3.05) is 0 Å². The first kappa shape index (κ1) is 31.2. The van der Waals surface area contributed by atoms with Gasteiger partial charge in [0.2, 0.25) is 0 Å². The van der Waals surface area contributed by atoms with Crippen LogP contribution in [0.4, 0.5) is 0 Å². The van der Waals surface area contributed by atoms with Crippen LogP contribution in [-0.4, -0.2) is 23.9 Å². The van der Waals surface area contributed by atoms with E-state index in [0.29, 0.717) is 5.56 Å². The van der Waals surface area contributed by atoms with E-state index in [-0.39, 0.29) is 50.8 Å². The topological polar surface area (TPSA) is 105 Å². The van der Waals surface area contributed by atoms with Gasteiger partial charge in [0, 0.05) is 0 Å². The van der Waals surface area contributed by atoms with Crippen molar-refractivity contribution in [1.29, 1.82) is 0 Å². The maximum atomic E-state index is 13.8. The average molecular weight is 635 g/mol. The Morgan fingerprint density at radius 1 is 0.333 bits per heavy atom. The second-order valence-corrected chi connectivity index (χ2v) is 10.3. The summed E-state index contributed by atoms with van der Waals surface area (Å²) < 4.78 is 22.4. The van der Waals surface area contributed by atoms with E-state index in [9.17, 15) is 19.2 Å². The smallest absolute Gasteiger partial charge is 0.345 e. The van der Waals surface area contributed by atoms with Crippen molar-refractivity contribution in [3.05, 3.63) is 180 Å². The Balaban J connectivity index is 1.45.